The van der Waals surface area contributed by atoms with Crippen LogP contribution in [0.1, 0.15) is 32.6 Å². The van der Waals surface area contributed by atoms with Gasteiger partial charge in [-0.05, 0) is 52.9 Å². The van der Waals surface area contributed by atoms with Crippen LogP contribution in [0, 0.1) is 0 Å². The second-order valence-electron chi connectivity index (χ2n) is 6.32. The summed E-state index contributed by atoms with van der Waals surface area (Å²) in [4.78, 5) is 4.97. The van der Waals surface area contributed by atoms with E-state index in [-0.39, 0.29) is 0 Å². The highest BCUT2D eigenvalue weighted by Crippen LogP contribution is 2.24. The van der Waals surface area contributed by atoms with Crippen molar-refractivity contribution in [1.29, 1.82) is 0 Å². The first-order valence-electron chi connectivity index (χ1n) is 7.94. The molecule has 0 aromatic rings. The van der Waals surface area contributed by atoms with Crippen LogP contribution in [0.4, 0.5) is 0 Å². The van der Waals surface area contributed by atoms with Gasteiger partial charge in [0, 0.05) is 25.7 Å². The third-order valence-electron chi connectivity index (χ3n) is 4.33. The van der Waals surface area contributed by atoms with Gasteiger partial charge < -0.3 is 15.0 Å². The highest BCUT2D eigenvalue weighted by atomic mass is 16.5. The maximum atomic E-state index is 6.16. The molecule has 0 aromatic carbocycles. The zero-order valence-electron chi connectivity index (χ0n) is 12.9. The van der Waals surface area contributed by atoms with Gasteiger partial charge in [-0.15, -0.1) is 0 Å². The molecule has 3 unspecified atom stereocenters. The lowest BCUT2D eigenvalue weighted by molar-refractivity contribution is 0.0193. The Bertz CT molecular complexity index is 260. The second kappa shape index (κ2) is 7.58. The van der Waals surface area contributed by atoms with E-state index in [2.05, 4.69) is 36.1 Å². The Kier molecular flexibility index (Phi) is 6.07. The van der Waals surface area contributed by atoms with Crippen LogP contribution in [-0.2, 0) is 4.74 Å². The molecule has 0 spiro atoms. The molecule has 2 aliphatic rings. The molecule has 0 aromatic heterocycles. The average molecular weight is 269 g/mol. The van der Waals surface area contributed by atoms with Crippen LogP contribution in [-0.4, -0.2) is 74.9 Å². The molecular weight excluding hydrogens is 238 g/mol. The summed E-state index contributed by atoms with van der Waals surface area (Å²) < 4.78 is 6.16. The van der Waals surface area contributed by atoms with E-state index in [4.69, 9.17) is 4.74 Å². The van der Waals surface area contributed by atoms with Gasteiger partial charge in [0.15, 0.2) is 0 Å². The third-order valence-corrected chi connectivity index (χ3v) is 4.33. The van der Waals surface area contributed by atoms with Gasteiger partial charge >= 0.3 is 0 Å². The first-order valence-corrected chi connectivity index (χ1v) is 7.94. The molecule has 0 radical (unpaired) electrons. The number of rotatable bonds is 7. The SMILES string of the molecule is CCNCC1CCC(CN2CCCC2CN(C)C)O1. The molecule has 0 bridgehead atoms. The van der Waals surface area contributed by atoms with E-state index >= 15 is 0 Å². The summed E-state index contributed by atoms with van der Waals surface area (Å²) in [5, 5.41) is 3.39. The summed E-state index contributed by atoms with van der Waals surface area (Å²) in [6.45, 7) is 7.81. The van der Waals surface area contributed by atoms with Gasteiger partial charge in [-0.3, -0.25) is 4.90 Å². The minimum absolute atomic E-state index is 0.444. The Morgan fingerprint density at radius 1 is 1.21 bits per heavy atom. The smallest absolute Gasteiger partial charge is 0.0707 e. The lowest BCUT2D eigenvalue weighted by atomic mass is 10.1. The van der Waals surface area contributed by atoms with Gasteiger partial charge in [0.1, 0.15) is 0 Å². The fraction of sp³-hybridized carbons (Fsp3) is 1.00. The highest BCUT2D eigenvalue weighted by molar-refractivity contribution is 4.85. The monoisotopic (exact) mass is 269 g/mol. The standard InChI is InChI=1S/C15H31N3O/c1-4-16-10-14-7-8-15(19-14)12-18-9-5-6-13(18)11-17(2)3/h13-16H,4-12H2,1-3H3. The van der Waals surface area contributed by atoms with E-state index in [9.17, 15) is 0 Å². The topological polar surface area (TPSA) is 27.7 Å². The fourth-order valence-electron chi connectivity index (χ4n) is 3.40. The molecule has 4 heteroatoms. The number of hydrogen-bond acceptors (Lipinski definition) is 4. The predicted molar refractivity (Wildman–Crippen MR) is 79.6 cm³/mol. The van der Waals surface area contributed by atoms with Crippen molar-refractivity contribution < 1.29 is 4.74 Å². The Labute approximate surface area is 118 Å². The fourth-order valence-corrected chi connectivity index (χ4v) is 3.40. The lowest BCUT2D eigenvalue weighted by Gasteiger charge is -2.29. The first kappa shape index (κ1) is 15.2. The molecule has 1 N–H and O–H groups in total. The number of likely N-dealkylation sites (N-methyl/N-ethyl adjacent to an activating group) is 2. The molecule has 2 fully saturated rings. The van der Waals surface area contributed by atoms with Gasteiger partial charge in [-0.25, -0.2) is 0 Å². The van der Waals surface area contributed by atoms with Gasteiger partial charge in [0.25, 0.3) is 0 Å². The van der Waals surface area contributed by atoms with Crippen LogP contribution in [0.2, 0.25) is 0 Å². The van der Waals surface area contributed by atoms with Crippen molar-refractivity contribution in [1.82, 2.24) is 15.1 Å². The van der Waals surface area contributed by atoms with Gasteiger partial charge in [-0.2, -0.15) is 0 Å². The molecule has 0 amide bonds. The Hall–Kier alpha value is -0.160. The molecule has 4 nitrogen and oxygen atoms in total. The van der Waals surface area contributed by atoms with Crippen LogP contribution in [0.5, 0.6) is 0 Å². The normalized spacial score (nSPS) is 32.5. The van der Waals surface area contributed by atoms with E-state index in [0.717, 1.165) is 25.7 Å². The highest BCUT2D eigenvalue weighted by Gasteiger charge is 2.31. The number of ether oxygens (including phenoxy) is 1. The number of likely N-dealkylation sites (tertiary alicyclic amines) is 1. The maximum absolute atomic E-state index is 6.16. The Morgan fingerprint density at radius 3 is 2.74 bits per heavy atom. The van der Waals surface area contributed by atoms with E-state index in [1.54, 1.807) is 0 Å². The molecule has 0 aliphatic carbocycles. The van der Waals surface area contributed by atoms with Crippen LogP contribution in [0.25, 0.3) is 0 Å². The van der Waals surface area contributed by atoms with E-state index < -0.39 is 0 Å². The van der Waals surface area contributed by atoms with Crippen molar-refractivity contribution in [2.24, 2.45) is 0 Å². The average Bonchev–Trinajstić information content (AvgIpc) is 2.97. The molecule has 3 atom stereocenters. The van der Waals surface area contributed by atoms with Crippen molar-refractivity contribution in [2.45, 2.75) is 50.9 Å². The molecule has 2 saturated heterocycles. The molecule has 112 valence electrons. The number of nitrogens with one attached hydrogen (secondary N) is 1. The zero-order chi connectivity index (χ0) is 13.7. The Balaban J connectivity index is 1.72. The minimum atomic E-state index is 0.444. The van der Waals surface area contributed by atoms with Gasteiger partial charge in [-0.1, -0.05) is 6.92 Å². The summed E-state index contributed by atoms with van der Waals surface area (Å²) >= 11 is 0. The van der Waals surface area contributed by atoms with E-state index in [1.807, 2.05) is 0 Å². The van der Waals surface area contributed by atoms with E-state index in [1.165, 1.54) is 38.8 Å². The molecule has 2 rings (SSSR count). The zero-order valence-corrected chi connectivity index (χ0v) is 12.9. The van der Waals surface area contributed by atoms with Crippen molar-refractivity contribution in [3.05, 3.63) is 0 Å². The maximum Gasteiger partial charge on any atom is 0.0707 e. The Morgan fingerprint density at radius 2 is 2.00 bits per heavy atom. The van der Waals surface area contributed by atoms with Crippen molar-refractivity contribution >= 4 is 0 Å². The van der Waals surface area contributed by atoms with Crippen LogP contribution in [0.3, 0.4) is 0 Å². The summed E-state index contributed by atoms with van der Waals surface area (Å²) in [5.41, 5.74) is 0. The largest absolute Gasteiger partial charge is 0.372 e. The van der Waals surface area contributed by atoms with Crippen LogP contribution in [0.15, 0.2) is 0 Å². The summed E-state index contributed by atoms with van der Waals surface area (Å²) in [6, 6.07) is 0.742. The van der Waals surface area contributed by atoms with Gasteiger partial charge in [0.05, 0.1) is 12.2 Å². The molecule has 2 heterocycles. The predicted octanol–water partition coefficient (Wildman–Crippen LogP) is 1.17. The molecule has 0 saturated carbocycles. The quantitative estimate of drug-likeness (QED) is 0.751. The third kappa shape index (κ3) is 4.71. The van der Waals surface area contributed by atoms with Gasteiger partial charge in [0.2, 0.25) is 0 Å². The molecular formula is C15H31N3O. The number of hydrogen-bond donors (Lipinski definition) is 1. The summed E-state index contributed by atoms with van der Waals surface area (Å²) in [6.07, 6.45) is 6.08. The first-order chi connectivity index (χ1) is 9.19. The molecule has 2 aliphatic heterocycles. The van der Waals surface area contributed by atoms with Crippen molar-refractivity contribution in [2.75, 3.05) is 46.8 Å². The van der Waals surface area contributed by atoms with Crippen molar-refractivity contribution in [3.63, 3.8) is 0 Å². The molecule has 19 heavy (non-hydrogen) atoms. The summed E-state index contributed by atoms with van der Waals surface area (Å²) in [7, 11) is 4.35. The van der Waals surface area contributed by atoms with Crippen LogP contribution >= 0.6 is 0 Å². The van der Waals surface area contributed by atoms with Crippen LogP contribution < -0.4 is 5.32 Å². The second-order valence-corrected chi connectivity index (χ2v) is 6.32. The van der Waals surface area contributed by atoms with Crippen molar-refractivity contribution in [3.8, 4) is 0 Å². The van der Waals surface area contributed by atoms with E-state index in [0.29, 0.717) is 12.2 Å². The minimum Gasteiger partial charge on any atom is -0.372 e. The summed E-state index contributed by atoms with van der Waals surface area (Å²) in [5.74, 6) is 0. The number of nitrogens with zero attached hydrogens (tertiary/aromatic N) is 2. The lowest BCUT2D eigenvalue weighted by Crippen LogP contribution is -2.41.